The molecule has 7 nitrogen and oxygen atoms in total. The molecule has 1 atom stereocenters. The van der Waals surface area contributed by atoms with E-state index in [1.165, 1.54) is 6.07 Å². The summed E-state index contributed by atoms with van der Waals surface area (Å²) in [5, 5.41) is 5.81. The van der Waals surface area contributed by atoms with Gasteiger partial charge in [0.2, 0.25) is 21.8 Å². The van der Waals surface area contributed by atoms with Gasteiger partial charge < -0.3 is 10.6 Å². The molecule has 0 saturated heterocycles. The van der Waals surface area contributed by atoms with Crippen molar-refractivity contribution in [2.45, 2.75) is 62.4 Å². The molecular formula is C24H29N3O4S. The number of amides is 2. The van der Waals surface area contributed by atoms with Gasteiger partial charge in [-0.25, -0.2) is 8.42 Å². The zero-order chi connectivity index (χ0) is 22.7. The first kappa shape index (κ1) is 22.5. The number of aryl methyl sites for hydroxylation is 1. The average molecular weight is 456 g/mol. The molecule has 0 spiro atoms. The number of fused-ring (bicyclic) bond motifs is 1. The lowest BCUT2D eigenvalue weighted by molar-refractivity contribution is -0.123. The fourth-order valence-corrected chi connectivity index (χ4v) is 5.59. The number of carbonyl (C=O) groups excluding carboxylic acids is 2. The van der Waals surface area contributed by atoms with Crippen molar-refractivity contribution in [2.75, 3.05) is 5.32 Å². The molecule has 2 aliphatic rings. The van der Waals surface area contributed by atoms with E-state index in [-0.39, 0.29) is 22.8 Å². The van der Waals surface area contributed by atoms with E-state index in [0.717, 1.165) is 31.2 Å². The monoisotopic (exact) mass is 455 g/mol. The lowest BCUT2D eigenvalue weighted by Crippen LogP contribution is -2.45. The Labute approximate surface area is 189 Å². The third-order valence-electron chi connectivity index (χ3n) is 6.31. The molecule has 1 saturated carbocycles. The first-order valence-electron chi connectivity index (χ1n) is 11.1. The molecule has 1 fully saturated rings. The van der Waals surface area contributed by atoms with E-state index in [4.69, 9.17) is 0 Å². The fraction of sp³-hybridized carbons (Fsp3) is 0.417. The predicted octanol–water partition coefficient (Wildman–Crippen LogP) is 3.29. The maximum atomic E-state index is 13.2. The molecule has 1 heterocycles. The summed E-state index contributed by atoms with van der Waals surface area (Å²) in [6.45, 7) is 2.21. The van der Waals surface area contributed by atoms with Crippen LogP contribution in [0.4, 0.5) is 5.69 Å². The molecule has 0 unspecified atom stereocenters. The maximum Gasteiger partial charge on any atom is 0.242 e. The van der Waals surface area contributed by atoms with Gasteiger partial charge in [-0.1, -0.05) is 37.3 Å². The standard InChI is InChI=1S/C24H29N3O4S/c1-16-7-10-19(11-8-16)25-24(29)23(17-5-3-2-4-6-17)27-32(30,31)20-12-13-21-18(15-20)9-14-22(28)26-21/h2-6,12-13,15-16,19,23,27H,7-11,14H2,1H3,(H,25,29)(H,26,28)/t16?,19?,23-/m0/s1. The summed E-state index contributed by atoms with van der Waals surface area (Å²) in [5.74, 6) is 0.231. The summed E-state index contributed by atoms with van der Waals surface area (Å²) >= 11 is 0. The van der Waals surface area contributed by atoms with Crippen LogP contribution in [0, 0.1) is 5.92 Å². The highest BCUT2D eigenvalue weighted by molar-refractivity contribution is 7.89. The molecule has 0 bridgehead atoms. The highest BCUT2D eigenvalue weighted by Crippen LogP contribution is 2.27. The van der Waals surface area contributed by atoms with Crippen molar-refractivity contribution in [1.82, 2.24) is 10.0 Å². The molecule has 2 amide bonds. The Bertz CT molecular complexity index is 1090. The molecule has 3 N–H and O–H groups in total. The Morgan fingerprint density at radius 2 is 1.75 bits per heavy atom. The van der Waals surface area contributed by atoms with Crippen LogP contribution in [0.25, 0.3) is 0 Å². The van der Waals surface area contributed by atoms with Crippen molar-refractivity contribution in [2.24, 2.45) is 5.92 Å². The molecule has 2 aromatic rings. The highest BCUT2D eigenvalue weighted by atomic mass is 32.2. The number of anilines is 1. The molecule has 0 aromatic heterocycles. The number of sulfonamides is 1. The van der Waals surface area contributed by atoms with Crippen LogP contribution in [0.15, 0.2) is 53.4 Å². The number of nitrogens with one attached hydrogen (secondary N) is 3. The Morgan fingerprint density at radius 1 is 1.03 bits per heavy atom. The molecule has 4 rings (SSSR count). The van der Waals surface area contributed by atoms with Crippen molar-refractivity contribution >= 4 is 27.5 Å². The maximum absolute atomic E-state index is 13.2. The normalized spacial score (nSPS) is 21.8. The number of hydrogen-bond donors (Lipinski definition) is 3. The third-order valence-corrected chi connectivity index (χ3v) is 7.73. The van der Waals surface area contributed by atoms with Crippen LogP contribution in [0.2, 0.25) is 0 Å². The summed E-state index contributed by atoms with van der Waals surface area (Å²) in [4.78, 5) is 24.8. The van der Waals surface area contributed by atoms with Crippen molar-refractivity contribution < 1.29 is 18.0 Å². The van der Waals surface area contributed by atoms with Crippen LogP contribution in [0.1, 0.15) is 56.2 Å². The molecule has 1 aliphatic heterocycles. The first-order chi connectivity index (χ1) is 15.3. The van der Waals surface area contributed by atoms with Gasteiger partial charge in [-0.15, -0.1) is 0 Å². The predicted molar refractivity (Wildman–Crippen MR) is 122 cm³/mol. The molecule has 0 radical (unpaired) electrons. The summed E-state index contributed by atoms with van der Waals surface area (Å²) in [7, 11) is -3.97. The Balaban J connectivity index is 1.56. The molecule has 32 heavy (non-hydrogen) atoms. The molecule has 8 heteroatoms. The zero-order valence-corrected chi connectivity index (χ0v) is 19.0. The summed E-state index contributed by atoms with van der Waals surface area (Å²) in [6, 6.07) is 12.5. The van der Waals surface area contributed by atoms with E-state index in [1.807, 2.05) is 6.07 Å². The van der Waals surface area contributed by atoms with Crippen molar-refractivity contribution in [3.8, 4) is 0 Å². The van der Waals surface area contributed by atoms with E-state index < -0.39 is 16.1 Å². The minimum absolute atomic E-state index is 0.0572. The number of benzene rings is 2. The van der Waals surface area contributed by atoms with E-state index in [9.17, 15) is 18.0 Å². The van der Waals surface area contributed by atoms with Crippen molar-refractivity contribution in [3.63, 3.8) is 0 Å². The van der Waals surface area contributed by atoms with E-state index in [2.05, 4.69) is 22.3 Å². The van der Waals surface area contributed by atoms with Crippen LogP contribution in [0.5, 0.6) is 0 Å². The van der Waals surface area contributed by atoms with Gasteiger partial charge in [-0.05, 0) is 67.3 Å². The summed E-state index contributed by atoms with van der Waals surface area (Å²) in [5.41, 5.74) is 1.98. The largest absolute Gasteiger partial charge is 0.352 e. The smallest absolute Gasteiger partial charge is 0.242 e. The second-order valence-electron chi connectivity index (χ2n) is 8.80. The second-order valence-corrected chi connectivity index (χ2v) is 10.5. The Hall–Kier alpha value is -2.71. The third kappa shape index (κ3) is 5.19. The first-order valence-corrected chi connectivity index (χ1v) is 12.6. The lowest BCUT2D eigenvalue weighted by Gasteiger charge is -2.29. The van der Waals surface area contributed by atoms with Crippen LogP contribution in [0.3, 0.4) is 0 Å². The van der Waals surface area contributed by atoms with E-state index >= 15 is 0 Å². The molecule has 2 aromatic carbocycles. The second kappa shape index (κ2) is 9.42. The molecular weight excluding hydrogens is 426 g/mol. The van der Waals surface area contributed by atoms with Gasteiger partial charge in [0.15, 0.2) is 0 Å². The van der Waals surface area contributed by atoms with Crippen LogP contribution < -0.4 is 15.4 Å². The Kier molecular flexibility index (Phi) is 6.62. The van der Waals surface area contributed by atoms with Gasteiger partial charge in [0.25, 0.3) is 0 Å². The van der Waals surface area contributed by atoms with Gasteiger partial charge >= 0.3 is 0 Å². The summed E-state index contributed by atoms with van der Waals surface area (Å²) in [6.07, 6.45) is 4.71. The van der Waals surface area contributed by atoms with E-state index in [0.29, 0.717) is 30.0 Å². The van der Waals surface area contributed by atoms with Gasteiger partial charge in [-0.3, -0.25) is 9.59 Å². The minimum Gasteiger partial charge on any atom is -0.352 e. The molecule has 1 aliphatic carbocycles. The number of rotatable bonds is 6. The van der Waals surface area contributed by atoms with Gasteiger partial charge in [0, 0.05) is 18.2 Å². The van der Waals surface area contributed by atoms with Crippen LogP contribution in [-0.4, -0.2) is 26.3 Å². The summed E-state index contributed by atoms with van der Waals surface area (Å²) < 4.78 is 29.1. The number of carbonyl (C=O) groups is 2. The number of hydrogen-bond acceptors (Lipinski definition) is 4. The topological polar surface area (TPSA) is 104 Å². The van der Waals surface area contributed by atoms with Gasteiger partial charge in [0.1, 0.15) is 6.04 Å². The average Bonchev–Trinajstić information content (AvgIpc) is 2.79. The molecule has 170 valence electrons. The lowest BCUT2D eigenvalue weighted by atomic mass is 9.87. The van der Waals surface area contributed by atoms with Crippen LogP contribution in [-0.2, 0) is 26.0 Å². The van der Waals surface area contributed by atoms with Crippen molar-refractivity contribution in [3.05, 3.63) is 59.7 Å². The highest BCUT2D eigenvalue weighted by Gasteiger charge is 2.30. The van der Waals surface area contributed by atoms with E-state index in [1.54, 1.807) is 36.4 Å². The minimum atomic E-state index is -3.97. The SMILES string of the molecule is CC1CCC(NC(=O)[C@@H](NS(=O)(=O)c2ccc3c(c2)CCC(=O)N3)c2ccccc2)CC1. The van der Waals surface area contributed by atoms with Crippen molar-refractivity contribution in [1.29, 1.82) is 0 Å². The van der Waals surface area contributed by atoms with Gasteiger partial charge in [0.05, 0.1) is 4.90 Å². The quantitative estimate of drug-likeness (QED) is 0.622. The fourth-order valence-electron chi connectivity index (χ4n) is 4.36. The van der Waals surface area contributed by atoms with Crippen LogP contribution >= 0.6 is 0 Å². The van der Waals surface area contributed by atoms with Gasteiger partial charge in [-0.2, -0.15) is 4.72 Å². The Morgan fingerprint density at radius 3 is 2.47 bits per heavy atom. The zero-order valence-electron chi connectivity index (χ0n) is 18.1.